The summed E-state index contributed by atoms with van der Waals surface area (Å²) in [5.74, 6) is -1.60. The molecule has 0 spiro atoms. The van der Waals surface area contributed by atoms with Gasteiger partial charge in [-0.25, -0.2) is 28.7 Å². The summed E-state index contributed by atoms with van der Waals surface area (Å²) in [5, 5.41) is 9.34. The molecule has 5 aromatic rings. The van der Waals surface area contributed by atoms with E-state index in [2.05, 4.69) is 35.9 Å². The molecule has 4 N–H and O–H groups in total. The summed E-state index contributed by atoms with van der Waals surface area (Å²) in [4.78, 5) is 24.0. The molecule has 5 heterocycles. The van der Waals surface area contributed by atoms with E-state index in [0.29, 0.717) is 53.3 Å². The van der Waals surface area contributed by atoms with Gasteiger partial charge >= 0.3 is 0 Å². The number of fused-ring (bicyclic) bond motifs is 1. The van der Waals surface area contributed by atoms with Crippen LogP contribution < -0.4 is 16.4 Å². The Morgan fingerprint density at radius 3 is 2.75 bits per heavy atom. The highest BCUT2D eigenvalue weighted by atomic mass is 19.2. The highest BCUT2D eigenvalue weighted by Crippen LogP contribution is 2.34. The molecule has 1 unspecified atom stereocenters. The third-order valence-electron chi connectivity index (χ3n) is 7.19. The molecule has 1 aliphatic heterocycles. The number of nitrogen functional groups attached to an aromatic ring is 1. The molecule has 1 fully saturated rings. The van der Waals surface area contributed by atoms with Gasteiger partial charge in [-0.05, 0) is 54.8 Å². The van der Waals surface area contributed by atoms with E-state index in [1.807, 2.05) is 16.7 Å². The Balaban J connectivity index is 1.42. The van der Waals surface area contributed by atoms with Crippen LogP contribution in [0.1, 0.15) is 29.8 Å². The molecule has 12 heteroatoms. The van der Waals surface area contributed by atoms with Gasteiger partial charge in [0.1, 0.15) is 23.6 Å². The first kappa shape index (κ1) is 25.3. The van der Waals surface area contributed by atoms with Crippen LogP contribution in [0.25, 0.3) is 22.4 Å². The van der Waals surface area contributed by atoms with E-state index in [1.54, 1.807) is 24.7 Å². The summed E-state index contributed by atoms with van der Waals surface area (Å²) in [6.07, 6.45) is 6.23. The Bertz CT molecular complexity index is 1780. The summed E-state index contributed by atoms with van der Waals surface area (Å²) in [5.41, 5.74) is 16.7. The summed E-state index contributed by atoms with van der Waals surface area (Å²) >= 11 is 0. The number of benzene rings is 1. The van der Waals surface area contributed by atoms with Crippen molar-refractivity contribution in [3.8, 4) is 17.3 Å². The molecule has 0 radical (unpaired) electrons. The normalized spacial score (nSPS) is 17.2. The number of hydrogen-bond acceptors (Lipinski definition) is 9. The first-order chi connectivity index (χ1) is 19.3. The maximum absolute atomic E-state index is 14.1. The lowest BCUT2D eigenvalue weighted by Crippen LogP contribution is -2.52. The fraction of sp³-hybridized carbons (Fsp3) is 0.214. The van der Waals surface area contributed by atoms with Crippen LogP contribution in [0.4, 0.5) is 20.3 Å². The van der Waals surface area contributed by atoms with Gasteiger partial charge in [-0.15, -0.1) is 0 Å². The Morgan fingerprint density at radius 2 is 1.93 bits per heavy atom. The molecular formula is C28H24F2N10. The number of halogens is 2. The average molecular weight is 539 g/mol. The van der Waals surface area contributed by atoms with Crippen molar-refractivity contribution in [3.63, 3.8) is 0 Å². The zero-order valence-electron chi connectivity index (χ0n) is 21.3. The minimum atomic E-state index is -0.950. The fourth-order valence-corrected chi connectivity index (χ4v) is 5.19. The van der Waals surface area contributed by atoms with E-state index in [1.165, 1.54) is 12.4 Å². The van der Waals surface area contributed by atoms with Crippen LogP contribution in [0.15, 0.2) is 61.3 Å². The average Bonchev–Trinajstić information content (AvgIpc) is 3.38. The number of nitrogens with two attached hydrogens (primary N) is 2. The second-order valence-corrected chi connectivity index (χ2v) is 9.83. The molecule has 1 aliphatic rings. The Labute approximate surface area is 228 Å². The monoisotopic (exact) mass is 538 g/mol. The van der Waals surface area contributed by atoms with Gasteiger partial charge in [0.25, 0.3) is 0 Å². The standard InChI is InChI=1S/C28H24F2N10/c29-20-6-5-17(9-21(20)30)22-10-18(13-40-16-37-25-26(32)35-15-36-27(25)40)23(12-34-22)39-8-2-7-28(33,14-39)24-4-1-3-19(11-31)38-24/h1,3-6,9-10,12,15-16H,2,7-8,13-14,33H2,(H2,32,35,36). The highest BCUT2D eigenvalue weighted by Gasteiger charge is 2.36. The first-order valence-corrected chi connectivity index (χ1v) is 12.6. The van der Waals surface area contributed by atoms with Crippen LogP contribution in [0.3, 0.4) is 0 Å². The SMILES string of the molecule is N#Cc1cccc(C2(N)CCCN(c3cnc(-c4ccc(F)c(F)c4)cc3Cn3cnc4c(N)ncnc43)C2)n1. The summed E-state index contributed by atoms with van der Waals surface area (Å²) < 4.78 is 29.5. The quantitative estimate of drug-likeness (QED) is 0.343. The molecule has 1 atom stereocenters. The predicted molar refractivity (Wildman–Crippen MR) is 145 cm³/mol. The van der Waals surface area contributed by atoms with Crippen LogP contribution >= 0.6 is 0 Å². The van der Waals surface area contributed by atoms with E-state index < -0.39 is 17.2 Å². The number of rotatable bonds is 5. The Kier molecular flexibility index (Phi) is 6.28. The van der Waals surface area contributed by atoms with Gasteiger partial charge in [0, 0.05) is 18.7 Å². The van der Waals surface area contributed by atoms with Gasteiger partial charge < -0.3 is 20.9 Å². The Morgan fingerprint density at radius 1 is 1.05 bits per heavy atom. The number of anilines is 2. The van der Waals surface area contributed by atoms with Gasteiger partial charge in [-0.2, -0.15) is 5.26 Å². The van der Waals surface area contributed by atoms with Crippen molar-refractivity contribution in [3.05, 3.63) is 89.9 Å². The van der Waals surface area contributed by atoms with E-state index in [4.69, 9.17) is 11.5 Å². The molecule has 0 bridgehead atoms. The van der Waals surface area contributed by atoms with Crippen LogP contribution in [0.5, 0.6) is 0 Å². The number of pyridine rings is 2. The van der Waals surface area contributed by atoms with E-state index in [9.17, 15) is 14.0 Å². The van der Waals surface area contributed by atoms with Crippen molar-refractivity contribution in [1.29, 1.82) is 5.26 Å². The molecule has 1 saturated heterocycles. The summed E-state index contributed by atoms with van der Waals surface area (Å²) in [6, 6.07) is 12.9. The van der Waals surface area contributed by atoms with Crippen LogP contribution in [0.2, 0.25) is 0 Å². The zero-order chi connectivity index (χ0) is 27.9. The molecule has 6 rings (SSSR count). The number of hydrogen-bond donors (Lipinski definition) is 2. The number of imidazole rings is 1. The van der Waals surface area contributed by atoms with Crippen molar-refractivity contribution < 1.29 is 8.78 Å². The van der Waals surface area contributed by atoms with E-state index in [0.717, 1.165) is 36.3 Å². The van der Waals surface area contributed by atoms with Crippen molar-refractivity contribution >= 4 is 22.7 Å². The number of nitriles is 1. The fourth-order valence-electron chi connectivity index (χ4n) is 5.19. The number of nitrogens with zero attached hydrogens (tertiary/aromatic N) is 8. The smallest absolute Gasteiger partial charge is 0.165 e. The second kappa shape index (κ2) is 9.94. The van der Waals surface area contributed by atoms with Gasteiger partial charge in [-0.3, -0.25) is 4.98 Å². The molecule has 1 aromatic carbocycles. The minimum absolute atomic E-state index is 0.275. The third kappa shape index (κ3) is 4.56. The molecule has 40 heavy (non-hydrogen) atoms. The molecule has 0 saturated carbocycles. The molecule has 0 aliphatic carbocycles. The molecule has 200 valence electrons. The third-order valence-corrected chi connectivity index (χ3v) is 7.19. The van der Waals surface area contributed by atoms with Crippen molar-refractivity contribution in [2.75, 3.05) is 23.7 Å². The zero-order valence-corrected chi connectivity index (χ0v) is 21.3. The maximum atomic E-state index is 14.1. The summed E-state index contributed by atoms with van der Waals surface area (Å²) in [7, 11) is 0. The van der Waals surface area contributed by atoms with Gasteiger partial charge in [0.15, 0.2) is 23.1 Å². The molecule has 0 amide bonds. The molecule has 4 aromatic heterocycles. The number of aromatic nitrogens is 6. The van der Waals surface area contributed by atoms with Crippen LogP contribution in [-0.2, 0) is 12.1 Å². The van der Waals surface area contributed by atoms with Gasteiger partial charge in [0.2, 0.25) is 0 Å². The lowest BCUT2D eigenvalue weighted by atomic mass is 9.86. The number of piperidine rings is 1. The largest absolute Gasteiger partial charge is 0.382 e. The topological polar surface area (TPSA) is 148 Å². The maximum Gasteiger partial charge on any atom is 0.165 e. The first-order valence-electron chi connectivity index (χ1n) is 12.6. The van der Waals surface area contributed by atoms with Crippen molar-refractivity contribution in [1.82, 2.24) is 29.5 Å². The van der Waals surface area contributed by atoms with Crippen molar-refractivity contribution in [2.24, 2.45) is 5.73 Å². The second-order valence-electron chi connectivity index (χ2n) is 9.83. The Hall–Kier alpha value is -5.02. The van der Waals surface area contributed by atoms with Gasteiger partial charge in [0.05, 0.1) is 41.7 Å². The molecule has 10 nitrogen and oxygen atoms in total. The van der Waals surface area contributed by atoms with Gasteiger partial charge in [-0.1, -0.05) is 6.07 Å². The predicted octanol–water partition coefficient (Wildman–Crippen LogP) is 3.52. The van der Waals surface area contributed by atoms with E-state index >= 15 is 0 Å². The summed E-state index contributed by atoms with van der Waals surface area (Å²) in [6.45, 7) is 1.50. The van der Waals surface area contributed by atoms with Crippen molar-refractivity contribution in [2.45, 2.75) is 24.9 Å². The van der Waals surface area contributed by atoms with Crippen LogP contribution in [0, 0.1) is 23.0 Å². The lowest BCUT2D eigenvalue weighted by Gasteiger charge is -2.41. The molecular weight excluding hydrogens is 514 g/mol. The minimum Gasteiger partial charge on any atom is -0.382 e. The highest BCUT2D eigenvalue weighted by molar-refractivity contribution is 5.81. The van der Waals surface area contributed by atoms with Crippen LogP contribution in [-0.4, -0.2) is 42.6 Å². The van der Waals surface area contributed by atoms with E-state index in [-0.39, 0.29) is 5.82 Å². The lowest BCUT2D eigenvalue weighted by molar-refractivity contribution is 0.345.